The van der Waals surface area contributed by atoms with E-state index in [1.807, 2.05) is 0 Å². The number of rotatable bonds is 4. The molecule has 3 aliphatic carbocycles. The van der Waals surface area contributed by atoms with Crippen molar-refractivity contribution in [3.05, 3.63) is 0 Å². The molecule has 0 N–H and O–H groups in total. The van der Waals surface area contributed by atoms with Crippen molar-refractivity contribution < 1.29 is 0 Å². The zero-order valence-electron chi connectivity index (χ0n) is 16.6. The van der Waals surface area contributed by atoms with Crippen LogP contribution in [0.1, 0.15) is 122 Å². The summed E-state index contributed by atoms with van der Waals surface area (Å²) in [5.41, 5.74) is 0. The largest absolute Gasteiger partial charge is 0.0625 e. The van der Waals surface area contributed by atoms with Crippen LogP contribution in [0.2, 0.25) is 0 Å². The van der Waals surface area contributed by atoms with Gasteiger partial charge in [0.1, 0.15) is 0 Å². The molecule has 0 amide bonds. The van der Waals surface area contributed by atoms with Gasteiger partial charge in [0, 0.05) is 0 Å². The second-order valence-electron chi connectivity index (χ2n) is 9.94. The van der Waals surface area contributed by atoms with Gasteiger partial charge in [-0.15, -0.1) is 0 Å². The van der Waals surface area contributed by atoms with Crippen molar-refractivity contribution in [3.63, 3.8) is 0 Å². The van der Waals surface area contributed by atoms with E-state index in [1.54, 1.807) is 64.2 Å². The number of hydrogen-bond donors (Lipinski definition) is 0. The summed E-state index contributed by atoms with van der Waals surface area (Å²) in [6.45, 7) is 2.47. The van der Waals surface area contributed by atoms with E-state index in [4.69, 9.17) is 0 Å². The van der Waals surface area contributed by atoms with Gasteiger partial charge in [-0.05, 0) is 42.4 Å². The summed E-state index contributed by atoms with van der Waals surface area (Å²) in [6, 6.07) is 0. The van der Waals surface area contributed by atoms with E-state index in [2.05, 4.69) is 6.92 Å². The van der Waals surface area contributed by atoms with E-state index in [0.29, 0.717) is 0 Å². The fourth-order valence-corrected chi connectivity index (χ4v) is 6.26. The summed E-state index contributed by atoms with van der Waals surface area (Å²) in [6.07, 6.45) is 27.8. The predicted molar refractivity (Wildman–Crippen MR) is 106 cm³/mol. The Morgan fingerprint density at radius 2 is 0.833 bits per heavy atom. The first-order chi connectivity index (χ1) is 11.8. The van der Waals surface area contributed by atoms with Crippen molar-refractivity contribution in [2.75, 3.05) is 0 Å². The predicted octanol–water partition coefficient (Wildman–Crippen LogP) is 8.15. The van der Waals surface area contributed by atoms with Gasteiger partial charge in [-0.2, -0.15) is 0 Å². The lowest BCUT2D eigenvalue weighted by Gasteiger charge is -2.34. The van der Waals surface area contributed by atoms with E-state index in [1.165, 1.54) is 51.4 Å². The smallest absolute Gasteiger partial charge is 0.0386 e. The lowest BCUT2D eigenvalue weighted by atomic mass is 9.72. The maximum Gasteiger partial charge on any atom is -0.0386 e. The average molecular weight is 333 g/mol. The summed E-state index contributed by atoms with van der Waals surface area (Å²) < 4.78 is 0. The molecule has 0 heterocycles. The Bertz CT molecular complexity index is 307. The second kappa shape index (κ2) is 10.2. The molecule has 0 atom stereocenters. The van der Waals surface area contributed by atoms with Gasteiger partial charge in [0.05, 0.1) is 0 Å². The first-order valence-electron chi connectivity index (χ1n) is 11.8. The quantitative estimate of drug-likeness (QED) is 0.487. The van der Waals surface area contributed by atoms with Crippen LogP contribution in [0.15, 0.2) is 0 Å². The zero-order valence-corrected chi connectivity index (χ0v) is 16.6. The normalized spacial score (nSPS) is 37.4. The van der Waals surface area contributed by atoms with Gasteiger partial charge in [0.2, 0.25) is 0 Å². The highest BCUT2D eigenvalue weighted by atomic mass is 14.3. The third kappa shape index (κ3) is 6.06. The van der Waals surface area contributed by atoms with E-state index < -0.39 is 0 Å². The summed E-state index contributed by atoms with van der Waals surface area (Å²) in [5, 5.41) is 0. The summed E-state index contributed by atoms with van der Waals surface area (Å²) in [4.78, 5) is 0. The van der Waals surface area contributed by atoms with Crippen molar-refractivity contribution in [1.82, 2.24) is 0 Å². The standard InChI is InChI=1S/C24H44/c1-20-14-18-24(19-15-20)23-12-6-4-10-22(11-5-7-13-23)17-16-21-8-2-3-9-21/h20-24H,2-19H2,1H3. The number of hydrogen-bond acceptors (Lipinski definition) is 0. The Labute approximate surface area is 152 Å². The molecule has 0 saturated heterocycles. The summed E-state index contributed by atoms with van der Waals surface area (Å²) >= 11 is 0. The van der Waals surface area contributed by atoms with Crippen molar-refractivity contribution in [1.29, 1.82) is 0 Å². The maximum absolute atomic E-state index is 2.47. The Morgan fingerprint density at radius 1 is 0.458 bits per heavy atom. The van der Waals surface area contributed by atoms with Gasteiger partial charge >= 0.3 is 0 Å². The third-order valence-corrected chi connectivity index (χ3v) is 8.06. The van der Waals surface area contributed by atoms with Crippen molar-refractivity contribution >= 4 is 0 Å². The molecule has 0 bridgehead atoms. The first-order valence-corrected chi connectivity index (χ1v) is 11.8. The maximum atomic E-state index is 2.47. The molecule has 0 unspecified atom stereocenters. The van der Waals surface area contributed by atoms with Gasteiger partial charge in [0.25, 0.3) is 0 Å². The highest BCUT2D eigenvalue weighted by molar-refractivity contribution is 4.78. The highest BCUT2D eigenvalue weighted by Crippen LogP contribution is 2.39. The molecule has 140 valence electrons. The molecule has 0 nitrogen and oxygen atoms in total. The molecule has 0 radical (unpaired) electrons. The monoisotopic (exact) mass is 332 g/mol. The van der Waals surface area contributed by atoms with Gasteiger partial charge in [-0.1, -0.05) is 110 Å². The van der Waals surface area contributed by atoms with Crippen LogP contribution in [0.4, 0.5) is 0 Å². The molecule has 0 aromatic heterocycles. The molecule has 0 aromatic carbocycles. The third-order valence-electron chi connectivity index (χ3n) is 8.06. The van der Waals surface area contributed by atoms with E-state index in [-0.39, 0.29) is 0 Å². The molecular formula is C24H44. The van der Waals surface area contributed by atoms with E-state index in [0.717, 1.165) is 29.6 Å². The first kappa shape index (κ1) is 18.8. The van der Waals surface area contributed by atoms with Gasteiger partial charge in [-0.3, -0.25) is 0 Å². The van der Waals surface area contributed by atoms with Crippen LogP contribution in [0.3, 0.4) is 0 Å². The highest BCUT2D eigenvalue weighted by Gasteiger charge is 2.26. The minimum Gasteiger partial charge on any atom is -0.0625 e. The molecule has 0 spiro atoms. The average Bonchev–Trinajstić information content (AvgIpc) is 3.12. The molecule has 24 heavy (non-hydrogen) atoms. The van der Waals surface area contributed by atoms with Crippen LogP contribution >= 0.6 is 0 Å². The van der Waals surface area contributed by atoms with Crippen LogP contribution in [-0.4, -0.2) is 0 Å². The molecule has 3 fully saturated rings. The summed E-state index contributed by atoms with van der Waals surface area (Å²) in [7, 11) is 0. The summed E-state index contributed by atoms with van der Waals surface area (Å²) in [5.74, 6) is 5.39. The van der Waals surface area contributed by atoms with Crippen LogP contribution in [0, 0.1) is 29.6 Å². The van der Waals surface area contributed by atoms with Crippen LogP contribution in [0.5, 0.6) is 0 Å². The van der Waals surface area contributed by atoms with Crippen LogP contribution in [-0.2, 0) is 0 Å². The van der Waals surface area contributed by atoms with E-state index >= 15 is 0 Å². The minimum absolute atomic E-state index is 1.02. The van der Waals surface area contributed by atoms with Crippen molar-refractivity contribution in [2.45, 2.75) is 122 Å². The topological polar surface area (TPSA) is 0 Å². The minimum atomic E-state index is 1.02. The Morgan fingerprint density at radius 3 is 1.29 bits per heavy atom. The van der Waals surface area contributed by atoms with Gasteiger partial charge in [0.15, 0.2) is 0 Å². The molecule has 0 heteroatoms. The molecule has 3 aliphatic rings. The van der Waals surface area contributed by atoms with Crippen molar-refractivity contribution in [2.24, 2.45) is 29.6 Å². The van der Waals surface area contributed by atoms with Crippen molar-refractivity contribution in [3.8, 4) is 0 Å². The van der Waals surface area contributed by atoms with Gasteiger partial charge < -0.3 is 0 Å². The Kier molecular flexibility index (Phi) is 8.00. The SMILES string of the molecule is CC1CCC(C2CCCCC(CCC3CCCC3)CCCC2)CC1. The molecule has 0 aromatic rings. The Balaban J connectivity index is 1.37. The molecule has 0 aliphatic heterocycles. The van der Waals surface area contributed by atoms with Gasteiger partial charge in [-0.25, -0.2) is 0 Å². The zero-order chi connectivity index (χ0) is 16.6. The molecular weight excluding hydrogens is 288 g/mol. The lowest BCUT2D eigenvalue weighted by Crippen LogP contribution is -2.21. The fourth-order valence-electron chi connectivity index (χ4n) is 6.26. The Hall–Kier alpha value is 0. The van der Waals surface area contributed by atoms with Crippen LogP contribution < -0.4 is 0 Å². The molecule has 3 rings (SSSR count). The molecule has 3 saturated carbocycles. The lowest BCUT2D eigenvalue weighted by molar-refractivity contribution is 0.181. The second-order valence-corrected chi connectivity index (χ2v) is 9.94. The van der Waals surface area contributed by atoms with Crippen LogP contribution in [0.25, 0.3) is 0 Å². The van der Waals surface area contributed by atoms with E-state index in [9.17, 15) is 0 Å². The fraction of sp³-hybridized carbons (Fsp3) is 1.00.